The summed E-state index contributed by atoms with van der Waals surface area (Å²) >= 11 is 0. The third-order valence-corrected chi connectivity index (χ3v) is 2.55. The van der Waals surface area contributed by atoms with Gasteiger partial charge in [0.15, 0.2) is 0 Å². The van der Waals surface area contributed by atoms with E-state index < -0.39 is 0 Å². The highest BCUT2D eigenvalue weighted by Gasteiger charge is 2.22. The van der Waals surface area contributed by atoms with E-state index in [4.69, 9.17) is 4.74 Å². The third-order valence-electron chi connectivity index (χ3n) is 2.55. The van der Waals surface area contributed by atoms with Gasteiger partial charge in [0, 0.05) is 19.6 Å². The summed E-state index contributed by atoms with van der Waals surface area (Å²) in [5.74, 6) is -0.102. The third kappa shape index (κ3) is 3.27. The predicted octanol–water partition coefficient (Wildman–Crippen LogP) is 0.233. The highest BCUT2D eigenvalue weighted by molar-refractivity contribution is 5.75. The molecule has 0 amide bonds. The van der Waals surface area contributed by atoms with Crippen LogP contribution >= 0.6 is 0 Å². The van der Waals surface area contributed by atoms with Gasteiger partial charge in [0.2, 0.25) is 0 Å². The Morgan fingerprint density at radius 1 is 1.50 bits per heavy atom. The molecule has 1 heterocycles. The van der Waals surface area contributed by atoms with E-state index in [9.17, 15) is 4.79 Å². The number of hydrogen-bond donors (Lipinski definition) is 1. The topological polar surface area (TPSA) is 41.6 Å². The molecule has 4 heteroatoms. The number of nitrogens with one attached hydrogen (secondary N) is 1. The molecular formula is C10H20N2O2. The maximum atomic E-state index is 11.5. The lowest BCUT2D eigenvalue weighted by Gasteiger charge is -2.25. The van der Waals surface area contributed by atoms with Crippen LogP contribution in [0.3, 0.4) is 0 Å². The lowest BCUT2D eigenvalue weighted by molar-refractivity contribution is -0.148. The Hall–Kier alpha value is -0.610. The van der Waals surface area contributed by atoms with E-state index in [2.05, 4.69) is 10.2 Å². The first-order valence-corrected chi connectivity index (χ1v) is 5.37. The molecule has 1 unspecified atom stereocenters. The minimum Gasteiger partial charge on any atom is -0.465 e. The summed E-state index contributed by atoms with van der Waals surface area (Å²) in [6.45, 7) is 8.15. The van der Waals surface area contributed by atoms with Crippen molar-refractivity contribution in [1.29, 1.82) is 0 Å². The molecule has 0 spiro atoms. The number of esters is 1. The van der Waals surface area contributed by atoms with Crippen molar-refractivity contribution >= 4 is 5.97 Å². The lowest BCUT2D eigenvalue weighted by Crippen LogP contribution is -2.41. The normalized spacial score (nSPS) is 21.3. The Morgan fingerprint density at radius 3 is 3.00 bits per heavy atom. The van der Waals surface area contributed by atoms with Gasteiger partial charge in [0.25, 0.3) is 0 Å². The maximum absolute atomic E-state index is 11.5. The number of ether oxygens (including phenoxy) is 1. The van der Waals surface area contributed by atoms with Gasteiger partial charge in [-0.25, -0.2) is 0 Å². The molecule has 1 N–H and O–H groups in total. The van der Waals surface area contributed by atoms with Crippen LogP contribution in [0.25, 0.3) is 0 Å². The van der Waals surface area contributed by atoms with Crippen molar-refractivity contribution in [3.8, 4) is 0 Å². The lowest BCUT2D eigenvalue weighted by atomic mass is 10.2. The first-order chi connectivity index (χ1) is 6.75. The standard InChI is InChI=1S/C10H20N2O2/c1-3-14-10(13)9(2)12-7-4-5-11-6-8-12/h9,11H,3-8H2,1-2H3. The van der Waals surface area contributed by atoms with Gasteiger partial charge in [0.05, 0.1) is 6.61 Å². The fourth-order valence-corrected chi connectivity index (χ4v) is 1.67. The molecular weight excluding hydrogens is 180 g/mol. The average Bonchev–Trinajstić information content (AvgIpc) is 2.45. The van der Waals surface area contributed by atoms with Crippen LogP contribution in [0.1, 0.15) is 20.3 Å². The Kier molecular flexibility index (Phi) is 4.90. The van der Waals surface area contributed by atoms with Gasteiger partial charge in [-0.1, -0.05) is 0 Å². The second-order valence-corrected chi connectivity index (χ2v) is 3.57. The number of carbonyl (C=O) groups is 1. The fraction of sp³-hybridized carbons (Fsp3) is 0.900. The Bertz CT molecular complexity index is 177. The Morgan fingerprint density at radius 2 is 2.29 bits per heavy atom. The monoisotopic (exact) mass is 200 g/mol. The zero-order valence-electron chi connectivity index (χ0n) is 9.08. The van der Waals surface area contributed by atoms with Crippen LogP contribution in [0.2, 0.25) is 0 Å². The second kappa shape index (κ2) is 5.98. The van der Waals surface area contributed by atoms with Crippen molar-refractivity contribution in [3.63, 3.8) is 0 Å². The Labute approximate surface area is 85.6 Å². The number of nitrogens with zero attached hydrogens (tertiary/aromatic N) is 1. The zero-order chi connectivity index (χ0) is 10.4. The van der Waals surface area contributed by atoms with E-state index in [1.54, 1.807) is 0 Å². The number of carbonyl (C=O) groups excluding carboxylic acids is 1. The molecule has 1 saturated heterocycles. The van der Waals surface area contributed by atoms with E-state index in [1.807, 2.05) is 13.8 Å². The van der Waals surface area contributed by atoms with E-state index in [0.29, 0.717) is 6.61 Å². The van der Waals surface area contributed by atoms with Gasteiger partial charge in [0.1, 0.15) is 6.04 Å². The predicted molar refractivity (Wildman–Crippen MR) is 55.2 cm³/mol. The molecule has 82 valence electrons. The number of hydrogen-bond acceptors (Lipinski definition) is 4. The van der Waals surface area contributed by atoms with Gasteiger partial charge in [-0.2, -0.15) is 0 Å². The highest BCUT2D eigenvalue weighted by Crippen LogP contribution is 2.04. The molecule has 1 fully saturated rings. The van der Waals surface area contributed by atoms with Gasteiger partial charge >= 0.3 is 5.97 Å². The summed E-state index contributed by atoms with van der Waals surface area (Å²) in [6, 6.07) is -0.102. The molecule has 1 atom stereocenters. The molecule has 0 aromatic heterocycles. The fourth-order valence-electron chi connectivity index (χ4n) is 1.67. The highest BCUT2D eigenvalue weighted by atomic mass is 16.5. The van der Waals surface area contributed by atoms with Gasteiger partial charge < -0.3 is 10.1 Å². The van der Waals surface area contributed by atoms with Crippen molar-refractivity contribution in [1.82, 2.24) is 10.2 Å². The number of rotatable bonds is 3. The molecule has 1 rings (SSSR count). The minimum atomic E-state index is -0.102. The molecule has 1 aliphatic heterocycles. The molecule has 14 heavy (non-hydrogen) atoms. The van der Waals surface area contributed by atoms with Crippen molar-refractivity contribution in [3.05, 3.63) is 0 Å². The smallest absolute Gasteiger partial charge is 0.323 e. The van der Waals surface area contributed by atoms with Crippen LogP contribution in [0.5, 0.6) is 0 Å². The van der Waals surface area contributed by atoms with Crippen LogP contribution in [-0.4, -0.2) is 49.7 Å². The summed E-state index contributed by atoms with van der Waals surface area (Å²) in [6.07, 6.45) is 1.10. The molecule has 0 radical (unpaired) electrons. The van der Waals surface area contributed by atoms with E-state index in [1.165, 1.54) is 0 Å². The van der Waals surface area contributed by atoms with E-state index in [-0.39, 0.29) is 12.0 Å². The SMILES string of the molecule is CCOC(=O)C(C)N1CCCNCC1. The largest absolute Gasteiger partial charge is 0.465 e. The average molecular weight is 200 g/mol. The summed E-state index contributed by atoms with van der Waals surface area (Å²) in [5, 5.41) is 3.31. The van der Waals surface area contributed by atoms with Gasteiger partial charge in [-0.15, -0.1) is 0 Å². The minimum absolute atomic E-state index is 0.102. The molecule has 4 nitrogen and oxygen atoms in total. The van der Waals surface area contributed by atoms with Crippen LogP contribution in [-0.2, 0) is 9.53 Å². The van der Waals surface area contributed by atoms with Crippen molar-refractivity contribution in [2.45, 2.75) is 26.3 Å². The van der Waals surface area contributed by atoms with Crippen molar-refractivity contribution in [2.24, 2.45) is 0 Å². The first kappa shape index (κ1) is 11.5. The molecule has 0 aromatic carbocycles. The van der Waals surface area contributed by atoms with Crippen LogP contribution in [0.15, 0.2) is 0 Å². The van der Waals surface area contributed by atoms with Crippen LogP contribution < -0.4 is 5.32 Å². The summed E-state index contributed by atoms with van der Waals surface area (Å²) in [5.41, 5.74) is 0. The second-order valence-electron chi connectivity index (χ2n) is 3.57. The first-order valence-electron chi connectivity index (χ1n) is 5.37. The molecule has 0 aromatic rings. The molecule has 0 aliphatic carbocycles. The van der Waals surface area contributed by atoms with Gasteiger partial charge in [-0.05, 0) is 26.8 Å². The van der Waals surface area contributed by atoms with Crippen LogP contribution in [0.4, 0.5) is 0 Å². The quantitative estimate of drug-likeness (QED) is 0.662. The molecule has 0 saturated carbocycles. The summed E-state index contributed by atoms with van der Waals surface area (Å²) < 4.78 is 5.00. The Balaban J connectivity index is 2.40. The van der Waals surface area contributed by atoms with Gasteiger partial charge in [-0.3, -0.25) is 9.69 Å². The summed E-state index contributed by atoms with van der Waals surface area (Å²) in [7, 11) is 0. The van der Waals surface area contributed by atoms with Crippen molar-refractivity contribution in [2.75, 3.05) is 32.8 Å². The van der Waals surface area contributed by atoms with E-state index in [0.717, 1.165) is 32.6 Å². The van der Waals surface area contributed by atoms with Crippen molar-refractivity contribution < 1.29 is 9.53 Å². The van der Waals surface area contributed by atoms with E-state index >= 15 is 0 Å². The molecule has 0 bridgehead atoms. The van der Waals surface area contributed by atoms with Crippen LogP contribution in [0, 0.1) is 0 Å². The maximum Gasteiger partial charge on any atom is 0.323 e. The molecule has 1 aliphatic rings. The zero-order valence-corrected chi connectivity index (χ0v) is 9.08. The summed E-state index contributed by atoms with van der Waals surface area (Å²) in [4.78, 5) is 13.6.